The maximum absolute atomic E-state index is 11.9. The van der Waals surface area contributed by atoms with Gasteiger partial charge in [-0.3, -0.25) is 4.79 Å². The first kappa shape index (κ1) is 16.8. The standard InChI is InChI=1S/C18H22N2O3/c1-23-17-9-5-3-7-14(17)16(21)12-20-18(22)11-10-13-6-2-4-8-15(13)19/h2-9,16,21H,10-12,19H2,1H3,(H,20,22). The maximum Gasteiger partial charge on any atom is 0.220 e. The van der Waals surface area contributed by atoms with Crippen molar-refractivity contribution in [2.45, 2.75) is 18.9 Å². The van der Waals surface area contributed by atoms with Crippen LogP contribution < -0.4 is 15.8 Å². The summed E-state index contributed by atoms with van der Waals surface area (Å²) in [5.41, 5.74) is 8.15. The number of nitrogens with two attached hydrogens (primary N) is 1. The highest BCUT2D eigenvalue weighted by Crippen LogP contribution is 2.24. The van der Waals surface area contributed by atoms with E-state index in [0.717, 1.165) is 5.56 Å². The molecule has 5 heteroatoms. The number of carbonyl (C=O) groups excluding carboxylic acids is 1. The van der Waals surface area contributed by atoms with E-state index >= 15 is 0 Å². The molecule has 0 spiro atoms. The van der Waals surface area contributed by atoms with Gasteiger partial charge in [0.05, 0.1) is 13.2 Å². The third kappa shape index (κ3) is 4.72. The molecule has 0 saturated carbocycles. The van der Waals surface area contributed by atoms with Crippen molar-refractivity contribution in [2.24, 2.45) is 0 Å². The monoisotopic (exact) mass is 314 g/mol. The number of para-hydroxylation sites is 2. The lowest BCUT2D eigenvalue weighted by Gasteiger charge is -2.15. The van der Waals surface area contributed by atoms with Crippen LogP contribution in [0.25, 0.3) is 0 Å². The molecule has 0 aliphatic heterocycles. The summed E-state index contributed by atoms with van der Waals surface area (Å²) in [6.07, 6.45) is 0.0905. The number of ether oxygens (including phenoxy) is 1. The van der Waals surface area contributed by atoms with Crippen LogP contribution in [0.2, 0.25) is 0 Å². The second-order valence-corrected chi connectivity index (χ2v) is 5.26. The fourth-order valence-corrected chi connectivity index (χ4v) is 2.36. The van der Waals surface area contributed by atoms with Crippen LogP contribution in [0.1, 0.15) is 23.7 Å². The number of hydrogen-bond acceptors (Lipinski definition) is 4. The van der Waals surface area contributed by atoms with Crippen molar-refractivity contribution in [1.29, 1.82) is 0 Å². The van der Waals surface area contributed by atoms with Crippen molar-refractivity contribution in [3.63, 3.8) is 0 Å². The zero-order valence-electron chi connectivity index (χ0n) is 13.2. The second kappa shape index (κ2) is 8.19. The highest BCUT2D eigenvalue weighted by Gasteiger charge is 2.14. The summed E-state index contributed by atoms with van der Waals surface area (Å²) in [4.78, 5) is 11.9. The fraction of sp³-hybridized carbons (Fsp3) is 0.278. The number of carbonyl (C=O) groups is 1. The molecule has 0 aromatic heterocycles. The van der Waals surface area contributed by atoms with Crippen LogP contribution in [-0.2, 0) is 11.2 Å². The molecule has 122 valence electrons. The average Bonchev–Trinajstić information content (AvgIpc) is 2.58. The molecule has 0 bridgehead atoms. The second-order valence-electron chi connectivity index (χ2n) is 5.26. The number of aliphatic hydroxyl groups is 1. The quantitative estimate of drug-likeness (QED) is 0.683. The average molecular weight is 314 g/mol. The number of nitrogens with one attached hydrogen (secondary N) is 1. The Balaban J connectivity index is 1.83. The molecule has 1 amide bonds. The first-order valence-corrected chi connectivity index (χ1v) is 7.53. The molecule has 5 nitrogen and oxygen atoms in total. The molecular formula is C18H22N2O3. The lowest BCUT2D eigenvalue weighted by molar-refractivity contribution is -0.121. The minimum atomic E-state index is -0.808. The predicted octanol–water partition coefficient (Wildman–Crippen LogP) is 2.06. The van der Waals surface area contributed by atoms with Crippen LogP contribution in [-0.4, -0.2) is 24.7 Å². The van der Waals surface area contributed by atoms with E-state index in [1.807, 2.05) is 36.4 Å². The van der Waals surface area contributed by atoms with Gasteiger partial charge in [0.15, 0.2) is 0 Å². The van der Waals surface area contributed by atoms with E-state index in [4.69, 9.17) is 10.5 Å². The highest BCUT2D eigenvalue weighted by atomic mass is 16.5. The number of aliphatic hydroxyl groups excluding tert-OH is 1. The molecule has 4 N–H and O–H groups in total. The van der Waals surface area contributed by atoms with E-state index in [-0.39, 0.29) is 12.5 Å². The van der Waals surface area contributed by atoms with Crippen LogP contribution in [0.3, 0.4) is 0 Å². The summed E-state index contributed by atoms with van der Waals surface area (Å²) in [6.45, 7) is 0.142. The molecule has 1 unspecified atom stereocenters. The lowest BCUT2D eigenvalue weighted by Crippen LogP contribution is -2.28. The number of anilines is 1. The van der Waals surface area contributed by atoms with Gasteiger partial charge in [-0.1, -0.05) is 36.4 Å². The molecule has 0 heterocycles. The first-order chi connectivity index (χ1) is 11.1. The van der Waals surface area contributed by atoms with E-state index in [1.165, 1.54) is 0 Å². The number of nitrogen functional groups attached to an aromatic ring is 1. The van der Waals surface area contributed by atoms with Crippen LogP contribution in [0, 0.1) is 0 Å². The Morgan fingerprint density at radius 3 is 2.65 bits per heavy atom. The zero-order valence-corrected chi connectivity index (χ0v) is 13.2. The van der Waals surface area contributed by atoms with Gasteiger partial charge in [0, 0.05) is 24.2 Å². The van der Waals surface area contributed by atoms with Gasteiger partial charge in [-0.05, 0) is 24.1 Å². The van der Waals surface area contributed by atoms with Gasteiger partial charge in [-0.2, -0.15) is 0 Å². The van der Waals surface area contributed by atoms with Gasteiger partial charge in [-0.15, -0.1) is 0 Å². The van der Waals surface area contributed by atoms with Crippen molar-refractivity contribution < 1.29 is 14.6 Å². The van der Waals surface area contributed by atoms with Crippen LogP contribution in [0.5, 0.6) is 5.75 Å². The summed E-state index contributed by atoms with van der Waals surface area (Å²) < 4.78 is 5.21. The molecule has 0 aliphatic rings. The Labute approximate surface area is 136 Å². The fourth-order valence-electron chi connectivity index (χ4n) is 2.36. The minimum absolute atomic E-state index is 0.123. The minimum Gasteiger partial charge on any atom is -0.496 e. The normalized spacial score (nSPS) is 11.7. The van der Waals surface area contributed by atoms with Crippen molar-refractivity contribution in [3.05, 3.63) is 59.7 Å². The summed E-state index contributed by atoms with van der Waals surface area (Å²) in [7, 11) is 1.55. The highest BCUT2D eigenvalue weighted by molar-refractivity contribution is 5.76. The molecular weight excluding hydrogens is 292 g/mol. The van der Waals surface area contributed by atoms with E-state index in [9.17, 15) is 9.90 Å². The number of hydrogen-bond donors (Lipinski definition) is 3. The van der Waals surface area contributed by atoms with Crippen molar-refractivity contribution >= 4 is 11.6 Å². The molecule has 23 heavy (non-hydrogen) atoms. The Morgan fingerprint density at radius 1 is 1.22 bits per heavy atom. The van der Waals surface area contributed by atoms with Gasteiger partial charge in [0.25, 0.3) is 0 Å². The third-order valence-electron chi connectivity index (χ3n) is 3.67. The molecule has 1 atom stereocenters. The van der Waals surface area contributed by atoms with Crippen LogP contribution in [0.4, 0.5) is 5.69 Å². The predicted molar refractivity (Wildman–Crippen MR) is 90.1 cm³/mol. The van der Waals surface area contributed by atoms with Gasteiger partial charge >= 0.3 is 0 Å². The van der Waals surface area contributed by atoms with E-state index in [0.29, 0.717) is 29.8 Å². The molecule has 2 aromatic rings. The molecule has 0 fully saturated rings. The molecule has 2 rings (SSSR count). The number of methoxy groups -OCH3 is 1. The number of aryl methyl sites for hydroxylation is 1. The molecule has 0 aliphatic carbocycles. The Bertz CT molecular complexity index is 658. The third-order valence-corrected chi connectivity index (χ3v) is 3.67. The van der Waals surface area contributed by atoms with Crippen molar-refractivity contribution in [3.8, 4) is 5.75 Å². The summed E-state index contributed by atoms with van der Waals surface area (Å²) in [5, 5.41) is 12.9. The zero-order chi connectivity index (χ0) is 16.7. The maximum atomic E-state index is 11.9. The molecule has 2 aromatic carbocycles. The topological polar surface area (TPSA) is 84.6 Å². The van der Waals surface area contributed by atoms with Crippen LogP contribution in [0.15, 0.2) is 48.5 Å². The van der Waals surface area contributed by atoms with Crippen molar-refractivity contribution in [1.82, 2.24) is 5.32 Å². The van der Waals surface area contributed by atoms with E-state index in [2.05, 4.69) is 5.32 Å². The number of amides is 1. The summed E-state index contributed by atoms with van der Waals surface area (Å²) in [6, 6.07) is 14.7. The van der Waals surface area contributed by atoms with Crippen molar-refractivity contribution in [2.75, 3.05) is 19.4 Å². The Morgan fingerprint density at radius 2 is 1.91 bits per heavy atom. The van der Waals surface area contributed by atoms with Gasteiger partial charge in [-0.25, -0.2) is 0 Å². The largest absolute Gasteiger partial charge is 0.496 e. The van der Waals surface area contributed by atoms with E-state index in [1.54, 1.807) is 19.2 Å². The SMILES string of the molecule is COc1ccccc1C(O)CNC(=O)CCc1ccccc1N. The van der Waals surface area contributed by atoms with Crippen LogP contribution >= 0.6 is 0 Å². The summed E-state index contributed by atoms with van der Waals surface area (Å²) >= 11 is 0. The lowest BCUT2D eigenvalue weighted by atomic mass is 10.1. The first-order valence-electron chi connectivity index (χ1n) is 7.53. The van der Waals surface area contributed by atoms with Gasteiger partial charge in [0.2, 0.25) is 5.91 Å². The van der Waals surface area contributed by atoms with Gasteiger partial charge in [0.1, 0.15) is 5.75 Å². The Kier molecular flexibility index (Phi) is 6.00. The Hall–Kier alpha value is -2.53. The number of benzene rings is 2. The smallest absolute Gasteiger partial charge is 0.220 e. The number of rotatable bonds is 7. The van der Waals surface area contributed by atoms with Gasteiger partial charge < -0.3 is 20.9 Å². The molecule has 0 saturated heterocycles. The summed E-state index contributed by atoms with van der Waals surface area (Å²) in [5.74, 6) is 0.480. The van der Waals surface area contributed by atoms with E-state index < -0.39 is 6.10 Å². The molecule has 0 radical (unpaired) electrons.